The van der Waals surface area contributed by atoms with Gasteiger partial charge in [0.1, 0.15) is 0 Å². The molecule has 0 saturated heterocycles. The van der Waals surface area contributed by atoms with E-state index >= 15 is 0 Å². The lowest BCUT2D eigenvalue weighted by Gasteiger charge is -2.13. The molecule has 0 unspecified atom stereocenters. The first-order valence-corrected chi connectivity index (χ1v) is 4.98. The molecular weight excluding hydrogens is 250 g/mol. The van der Waals surface area contributed by atoms with Crippen LogP contribution in [0.25, 0.3) is 0 Å². The predicted octanol–water partition coefficient (Wildman–Crippen LogP) is 0.484. The van der Waals surface area contributed by atoms with Crippen molar-refractivity contribution in [3.05, 3.63) is 23.3 Å². The van der Waals surface area contributed by atoms with Gasteiger partial charge in [0.15, 0.2) is 0 Å². The van der Waals surface area contributed by atoms with Crippen molar-refractivity contribution in [2.45, 2.75) is 20.0 Å². The molecule has 0 bridgehead atoms. The number of nitrogens with one attached hydrogen (secondary N) is 1. The van der Waals surface area contributed by atoms with E-state index < -0.39 is 19.2 Å². The molecule has 98 valence electrons. The average Bonchev–Trinajstić information content (AvgIpc) is 2.13. The van der Waals surface area contributed by atoms with Crippen LogP contribution in [0.3, 0.4) is 0 Å². The van der Waals surface area contributed by atoms with Crippen LogP contribution in [0.15, 0.2) is 12.1 Å². The van der Waals surface area contributed by atoms with Gasteiger partial charge in [-0.3, -0.25) is 4.79 Å². The Morgan fingerprint density at radius 3 is 2.00 bits per heavy atom. The number of alkyl halides is 3. The van der Waals surface area contributed by atoms with Crippen LogP contribution in [-0.2, 0) is 4.79 Å². The number of hydrogen-bond acceptors (Lipinski definition) is 3. The number of hydrogen-bond donors (Lipinski definition) is 3. The van der Waals surface area contributed by atoms with Gasteiger partial charge < -0.3 is 15.4 Å². The second-order valence-corrected chi connectivity index (χ2v) is 3.85. The Hall–Kier alpha value is -1.54. The summed E-state index contributed by atoms with van der Waals surface area (Å²) in [4.78, 5) is 10.7. The molecule has 0 atom stereocenters. The number of carbonyl (C=O) groups excluding carboxylic acids is 1. The maximum absolute atomic E-state index is 12.1. The number of carbonyl (C=O) groups is 1. The van der Waals surface area contributed by atoms with Crippen LogP contribution < -0.4 is 10.8 Å². The Morgan fingerprint density at radius 1 is 1.22 bits per heavy atom. The largest absolute Gasteiger partial charge is 0.488 e. The SMILES string of the molecule is Cc1cc(NC(=O)C(F)(F)F)cc(C)c1B(O)O. The molecule has 0 spiro atoms. The van der Waals surface area contributed by atoms with Crippen LogP contribution in [0.1, 0.15) is 11.1 Å². The minimum atomic E-state index is -4.96. The van der Waals surface area contributed by atoms with Gasteiger partial charge in [-0.1, -0.05) is 0 Å². The van der Waals surface area contributed by atoms with E-state index in [9.17, 15) is 18.0 Å². The lowest BCUT2D eigenvalue weighted by molar-refractivity contribution is -0.167. The first kappa shape index (κ1) is 14.5. The number of halogens is 3. The zero-order chi connectivity index (χ0) is 14.1. The highest BCUT2D eigenvalue weighted by Gasteiger charge is 2.38. The third-order valence-corrected chi connectivity index (χ3v) is 2.37. The first-order valence-electron chi connectivity index (χ1n) is 4.98. The fourth-order valence-electron chi connectivity index (χ4n) is 1.66. The second-order valence-electron chi connectivity index (χ2n) is 3.85. The minimum absolute atomic E-state index is 0.0447. The summed E-state index contributed by atoms with van der Waals surface area (Å²) in [5.41, 5.74) is 0.918. The number of benzene rings is 1. The monoisotopic (exact) mass is 261 g/mol. The van der Waals surface area contributed by atoms with Gasteiger partial charge in [0.2, 0.25) is 0 Å². The summed E-state index contributed by atoms with van der Waals surface area (Å²) in [7, 11) is -1.71. The summed E-state index contributed by atoms with van der Waals surface area (Å²) < 4.78 is 36.2. The molecule has 1 aromatic rings. The van der Waals surface area contributed by atoms with Crippen molar-refractivity contribution in [3.63, 3.8) is 0 Å². The van der Waals surface area contributed by atoms with Gasteiger partial charge >= 0.3 is 19.2 Å². The molecule has 0 aliphatic heterocycles. The van der Waals surface area contributed by atoms with E-state index in [0.717, 1.165) is 0 Å². The third-order valence-electron chi connectivity index (χ3n) is 2.37. The van der Waals surface area contributed by atoms with Crippen molar-refractivity contribution in [2.24, 2.45) is 0 Å². The molecular formula is C10H11BF3NO3. The van der Waals surface area contributed by atoms with Crippen molar-refractivity contribution in [1.82, 2.24) is 0 Å². The molecule has 18 heavy (non-hydrogen) atoms. The van der Waals surface area contributed by atoms with Gasteiger partial charge in [-0.15, -0.1) is 0 Å². The number of aryl methyl sites for hydroxylation is 2. The lowest BCUT2D eigenvalue weighted by atomic mass is 9.74. The van der Waals surface area contributed by atoms with Gasteiger partial charge in [-0.05, 0) is 42.6 Å². The van der Waals surface area contributed by atoms with Crippen molar-refractivity contribution in [1.29, 1.82) is 0 Å². The van der Waals surface area contributed by atoms with E-state index in [0.29, 0.717) is 11.1 Å². The van der Waals surface area contributed by atoms with E-state index in [4.69, 9.17) is 10.0 Å². The summed E-state index contributed by atoms with van der Waals surface area (Å²) in [5.74, 6) is -2.07. The van der Waals surface area contributed by atoms with Crippen LogP contribution in [-0.4, -0.2) is 29.2 Å². The standard InChI is InChI=1S/C10H11BF3NO3/c1-5-3-7(15-9(16)10(12,13)14)4-6(2)8(5)11(17)18/h3-4,17-18H,1-2H3,(H,15,16). The highest BCUT2D eigenvalue weighted by Crippen LogP contribution is 2.19. The van der Waals surface area contributed by atoms with Crippen molar-refractivity contribution in [2.75, 3.05) is 5.32 Å². The molecule has 0 aliphatic carbocycles. The average molecular weight is 261 g/mol. The molecule has 3 N–H and O–H groups in total. The molecule has 0 aromatic heterocycles. The lowest BCUT2D eigenvalue weighted by Crippen LogP contribution is -2.35. The highest BCUT2D eigenvalue weighted by atomic mass is 19.4. The molecule has 1 rings (SSSR count). The zero-order valence-corrected chi connectivity index (χ0v) is 9.67. The van der Waals surface area contributed by atoms with Gasteiger partial charge in [0.05, 0.1) is 0 Å². The highest BCUT2D eigenvalue weighted by molar-refractivity contribution is 6.59. The fourth-order valence-corrected chi connectivity index (χ4v) is 1.66. The van der Waals surface area contributed by atoms with E-state index in [1.807, 2.05) is 0 Å². The summed E-state index contributed by atoms with van der Waals surface area (Å²) in [6, 6.07) is 2.48. The Bertz CT molecular complexity index is 451. The maximum Gasteiger partial charge on any atom is 0.488 e. The Morgan fingerprint density at radius 2 is 1.67 bits per heavy atom. The Kier molecular flexibility index (Phi) is 4.03. The van der Waals surface area contributed by atoms with E-state index in [1.165, 1.54) is 26.0 Å². The smallest absolute Gasteiger partial charge is 0.423 e. The summed E-state index contributed by atoms with van der Waals surface area (Å²) in [6.45, 7) is 3.01. The van der Waals surface area contributed by atoms with Crippen molar-refractivity contribution in [3.8, 4) is 0 Å². The minimum Gasteiger partial charge on any atom is -0.423 e. The first-order chi connectivity index (χ1) is 8.12. The zero-order valence-electron chi connectivity index (χ0n) is 9.67. The van der Waals surface area contributed by atoms with Crippen molar-refractivity contribution >= 4 is 24.2 Å². The maximum atomic E-state index is 12.1. The van der Waals surface area contributed by atoms with Crippen LogP contribution in [0.4, 0.5) is 18.9 Å². The van der Waals surface area contributed by atoms with Crippen molar-refractivity contribution < 1.29 is 28.0 Å². The summed E-state index contributed by atoms with van der Waals surface area (Å²) >= 11 is 0. The molecule has 0 radical (unpaired) electrons. The second kappa shape index (κ2) is 4.99. The molecule has 1 aromatic carbocycles. The van der Waals surface area contributed by atoms with E-state index in [1.54, 1.807) is 5.32 Å². The molecule has 0 fully saturated rings. The van der Waals surface area contributed by atoms with Gasteiger partial charge in [0.25, 0.3) is 0 Å². The van der Waals surface area contributed by atoms with Crippen LogP contribution >= 0.6 is 0 Å². The predicted molar refractivity (Wildman–Crippen MR) is 60.4 cm³/mol. The molecule has 0 saturated carbocycles. The Balaban J connectivity index is 3.05. The molecule has 1 amide bonds. The van der Waals surface area contributed by atoms with Crippen LogP contribution in [0.5, 0.6) is 0 Å². The summed E-state index contributed by atoms with van der Waals surface area (Å²) in [6.07, 6.45) is -4.96. The third kappa shape index (κ3) is 3.24. The molecule has 8 heteroatoms. The topological polar surface area (TPSA) is 69.6 Å². The summed E-state index contributed by atoms with van der Waals surface area (Å²) in [5, 5.41) is 19.9. The van der Waals surface area contributed by atoms with E-state index in [2.05, 4.69) is 0 Å². The number of amides is 1. The normalized spacial score (nSPS) is 11.3. The van der Waals surface area contributed by atoms with Crippen LogP contribution in [0, 0.1) is 13.8 Å². The van der Waals surface area contributed by atoms with Crippen LogP contribution in [0.2, 0.25) is 0 Å². The fraction of sp³-hybridized carbons (Fsp3) is 0.300. The van der Waals surface area contributed by atoms with E-state index in [-0.39, 0.29) is 11.2 Å². The van der Waals surface area contributed by atoms with Gasteiger partial charge in [-0.25, -0.2) is 0 Å². The molecule has 4 nitrogen and oxygen atoms in total. The number of rotatable bonds is 2. The molecule has 0 aliphatic rings. The number of anilines is 1. The quantitative estimate of drug-likeness (QED) is 0.678. The van der Waals surface area contributed by atoms with Gasteiger partial charge in [-0.2, -0.15) is 13.2 Å². The molecule has 0 heterocycles. The Labute approximate surface area is 102 Å². The van der Waals surface area contributed by atoms with Gasteiger partial charge in [0, 0.05) is 5.69 Å².